The van der Waals surface area contributed by atoms with Crippen molar-refractivity contribution in [2.45, 2.75) is 10.9 Å². The summed E-state index contributed by atoms with van der Waals surface area (Å²) in [5, 5.41) is 9.16. The molecule has 1 atom stereocenters. The molecule has 0 aliphatic heterocycles. The van der Waals surface area contributed by atoms with Gasteiger partial charge in [-0.25, -0.2) is 8.42 Å². The van der Waals surface area contributed by atoms with Crippen molar-refractivity contribution in [3.63, 3.8) is 0 Å². The van der Waals surface area contributed by atoms with Gasteiger partial charge in [0, 0.05) is 3.57 Å². The number of nitrogens with one attached hydrogen (secondary N) is 1. The normalized spacial score (nSPS) is 12.6. The number of hydrogen-bond donors (Lipinski definition) is 1. The van der Waals surface area contributed by atoms with Crippen LogP contribution in [-0.2, 0) is 10.0 Å². The van der Waals surface area contributed by atoms with Gasteiger partial charge in [0.05, 0.1) is 11.0 Å². The second-order valence-corrected chi connectivity index (χ2v) is 7.01. The van der Waals surface area contributed by atoms with Gasteiger partial charge in [-0.05, 0) is 52.4 Å². The summed E-state index contributed by atoms with van der Waals surface area (Å²) in [6.07, 6.45) is 0. The standard InChI is InChI=1S/C14H11IN2O2S/c15-12-6-8-13(9-7-12)20(18,19)17-14(10-16)11-4-2-1-3-5-11/h1-9,14,17H. The molecule has 0 bridgehead atoms. The fourth-order valence-corrected chi connectivity index (χ4v) is 3.14. The molecule has 1 unspecified atom stereocenters. The van der Waals surface area contributed by atoms with Crippen LogP contribution in [0.25, 0.3) is 0 Å². The number of sulfonamides is 1. The van der Waals surface area contributed by atoms with Crippen LogP contribution in [0.2, 0.25) is 0 Å². The molecule has 1 N–H and O–H groups in total. The van der Waals surface area contributed by atoms with E-state index >= 15 is 0 Å². The molecule has 2 aromatic carbocycles. The quantitative estimate of drug-likeness (QED) is 0.806. The molecule has 2 rings (SSSR count). The Labute approximate surface area is 131 Å². The van der Waals surface area contributed by atoms with Gasteiger partial charge in [-0.1, -0.05) is 30.3 Å². The highest BCUT2D eigenvalue weighted by Crippen LogP contribution is 2.17. The van der Waals surface area contributed by atoms with Gasteiger partial charge < -0.3 is 0 Å². The molecule has 0 saturated carbocycles. The molecule has 0 fully saturated rings. The number of nitrogens with zero attached hydrogens (tertiary/aromatic N) is 1. The molecule has 0 aliphatic carbocycles. The van der Waals surface area contributed by atoms with Gasteiger partial charge in [0.15, 0.2) is 0 Å². The molecule has 4 nitrogen and oxygen atoms in total. The first kappa shape index (κ1) is 15.0. The highest BCUT2D eigenvalue weighted by molar-refractivity contribution is 14.1. The van der Waals surface area contributed by atoms with Crippen LogP contribution >= 0.6 is 22.6 Å². The summed E-state index contributed by atoms with van der Waals surface area (Å²) in [6, 6.07) is 16.3. The summed E-state index contributed by atoms with van der Waals surface area (Å²) in [4.78, 5) is 0.147. The van der Waals surface area contributed by atoms with E-state index in [0.717, 1.165) is 3.57 Å². The lowest BCUT2D eigenvalue weighted by molar-refractivity contribution is 0.575. The van der Waals surface area contributed by atoms with Crippen molar-refractivity contribution < 1.29 is 8.42 Å². The molecule has 0 aliphatic rings. The van der Waals surface area contributed by atoms with E-state index in [2.05, 4.69) is 27.3 Å². The average Bonchev–Trinajstić information content (AvgIpc) is 2.46. The van der Waals surface area contributed by atoms with Crippen molar-refractivity contribution in [1.29, 1.82) is 5.26 Å². The summed E-state index contributed by atoms with van der Waals surface area (Å²) in [5.74, 6) is 0. The minimum atomic E-state index is -3.71. The predicted octanol–water partition coefficient (Wildman–Crippen LogP) is 2.83. The van der Waals surface area contributed by atoms with Crippen LogP contribution in [0.15, 0.2) is 59.5 Å². The summed E-state index contributed by atoms with van der Waals surface area (Å²) in [5.41, 5.74) is 0.615. The lowest BCUT2D eigenvalue weighted by Gasteiger charge is -2.12. The van der Waals surface area contributed by atoms with Gasteiger partial charge in [0.25, 0.3) is 0 Å². The second-order valence-electron chi connectivity index (χ2n) is 4.05. The smallest absolute Gasteiger partial charge is 0.207 e. The molecule has 0 heterocycles. The first-order valence-corrected chi connectivity index (χ1v) is 8.31. The average molecular weight is 398 g/mol. The van der Waals surface area contributed by atoms with Gasteiger partial charge in [-0.3, -0.25) is 0 Å². The van der Waals surface area contributed by atoms with Crippen LogP contribution in [0.5, 0.6) is 0 Å². The summed E-state index contributed by atoms with van der Waals surface area (Å²) in [6.45, 7) is 0. The van der Waals surface area contributed by atoms with E-state index in [-0.39, 0.29) is 4.90 Å². The third kappa shape index (κ3) is 3.56. The maximum Gasteiger partial charge on any atom is 0.242 e. The topological polar surface area (TPSA) is 70.0 Å². The van der Waals surface area contributed by atoms with Gasteiger partial charge in [0.2, 0.25) is 10.0 Å². The van der Waals surface area contributed by atoms with Crippen molar-refractivity contribution in [3.05, 3.63) is 63.7 Å². The molecule has 0 radical (unpaired) electrons. The molecular weight excluding hydrogens is 387 g/mol. The second kappa shape index (κ2) is 6.35. The van der Waals surface area contributed by atoms with E-state index in [1.54, 1.807) is 36.4 Å². The zero-order valence-electron chi connectivity index (χ0n) is 10.3. The zero-order chi connectivity index (χ0) is 14.6. The maximum absolute atomic E-state index is 12.2. The number of hydrogen-bond acceptors (Lipinski definition) is 3. The lowest BCUT2D eigenvalue weighted by Crippen LogP contribution is -2.27. The first-order valence-electron chi connectivity index (χ1n) is 5.75. The number of halogens is 1. The Kier molecular flexibility index (Phi) is 4.75. The maximum atomic E-state index is 12.2. The van der Waals surface area contributed by atoms with Gasteiger partial charge >= 0.3 is 0 Å². The van der Waals surface area contributed by atoms with Crippen LogP contribution < -0.4 is 4.72 Å². The zero-order valence-corrected chi connectivity index (χ0v) is 13.3. The number of rotatable bonds is 4. The van der Waals surface area contributed by atoms with Crippen LogP contribution in [0.3, 0.4) is 0 Å². The lowest BCUT2D eigenvalue weighted by atomic mass is 10.1. The molecule has 2 aromatic rings. The van der Waals surface area contributed by atoms with E-state index in [1.165, 1.54) is 12.1 Å². The van der Waals surface area contributed by atoms with Crippen LogP contribution in [-0.4, -0.2) is 8.42 Å². The Morgan fingerprint density at radius 2 is 1.65 bits per heavy atom. The minimum Gasteiger partial charge on any atom is -0.207 e. The minimum absolute atomic E-state index is 0.147. The van der Waals surface area contributed by atoms with Crippen LogP contribution in [0.4, 0.5) is 0 Å². The summed E-state index contributed by atoms with van der Waals surface area (Å²) < 4.78 is 27.8. The number of benzene rings is 2. The molecule has 6 heteroatoms. The van der Waals surface area contributed by atoms with E-state index in [0.29, 0.717) is 5.56 Å². The highest BCUT2D eigenvalue weighted by atomic mass is 127. The first-order chi connectivity index (χ1) is 9.53. The fourth-order valence-electron chi connectivity index (χ4n) is 1.65. The Balaban J connectivity index is 2.28. The Morgan fingerprint density at radius 3 is 2.20 bits per heavy atom. The Hall–Kier alpha value is -1.43. The van der Waals surface area contributed by atoms with Gasteiger partial charge in [-0.2, -0.15) is 9.98 Å². The molecule has 0 saturated heterocycles. The third-order valence-corrected chi connectivity index (χ3v) is 4.82. The number of nitriles is 1. The predicted molar refractivity (Wildman–Crippen MR) is 84.3 cm³/mol. The van der Waals surface area contributed by atoms with E-state index < -0.39 is 16.1 Å². The summed E-state index contributed by atoms with van der Waals surface area (Å²) >= 11 is 2.10. The van der Waals surface area contributed by atoms with Gasteiger partial charge in [0.1, 0.15) is 6.04 Å². The third-order valence-electron chi connectivity index (χ3n) is 2.66. The fraction of sp³-hybridized carbons (Fsp3) is 0.0714. The largest absolute Gasteiger partial charge is 0.242 e. The molecular formula is C14H11IN2O2S. The molecule has 0 amide bonds. The molecule has 102 valence electrons. The highest BCUT2D eigenvalue weighted by Gasteiger charge is 2.20. The molecule has 0 spiro atoms. The van der Waals surface area contributed by atoms with Gasteiger partial charge in [-0.15, -0.1) is 0 Å². The van der Waals surface area contributed by atoms with Crippen LogP contribution in [0.1, 0.15) is 11.6 Å². The van der Waals surface area contributed by atoms with Crippen LogP contribution in [0, 0.1) is 14.9 Å². The molecule has 0 aromatic heterocycles. The van der Waals surface area contributed by atoms with Crippen molar-refractivity contribution in [2.24, 2.45) is 0 Å². The van der Waals surface area contributed by atoms with Crippen molar-refractivity contribution in [3.8, 4) is 6.07 Å². The Bertz CT molecular complexity index is 722. The summed E-state index contributed by atoms with van der Waals surface area (Å²) in [7, 11) is -3.71. The van der Waals surface area contributed by atoms with Crippen molar-refractivity contribution in [1.82, 2.24) is 4.72 Å². The van der Waals surface area contributed by atoms with Crippen molar-refractivity contribution in [2.75, 3.05) is 0 Å². The molecule has 20 heavy (non-hydrogen) atoms. The monoisotopic (exact) mass is 398 g/mol. The van der Waals surface area contributed by atoms with Crippen molar-refractivity contribution >= 4 is 32.6 Å². The van der Waals surface area contributed by atoms with E-state index in [1.807, 2.05) is 12.1 Å². The van der Waals surface area contributed by atoms with E-state index in [4.69, 9.17) is 5.26 Å². The van der Waals surface area contributed by atoms with E-state index in [9.17, 15) is 8.42 Å². The SMILES string of the molecule is N#CC(NS(=O)(=O)c1ccc(I)cc1)c1ccccc1. The Morgan fingerprint density at radius 1 is 1.05 bits per heavy atom.